The van der Waals surface area contributed by atoms with E-state index in [4.69, 9.17) is 0 Å². The van der Waals surface area contributed by atoms with Crippen molar-refractivity contribution >= 4 is 6.03 Å². The fraction of sp³-hybridized carbons (Fsp3) is 0.500. The number of rotatable bonds is 4. The summed E-state index contributed by atoms with van der Waals surface area (Å²) in [6, 6.07) is 1.97. The molecule has 128 valence electrons. The number of aromatic nitrogens is 3. The second kappa shape index (κ2) is 7.47. The van der Waals surface area contributed by atoms with E-state index in [-0.39, 0.29) is 6.03 Å². The van der Waals surface area contributed by atoms with Crippen LogP contribution in [0.25, 0.3) is 0 Å². The van der Waals surface area contributed by atoms with Crippen molar-refractivity contribution in [3.63, 3.8) is 0 Å². The zero-order chi connectivity index (χ0) is 16.9. The predicted molar refractivity (Wildman–Crippen MR) is 92.7 cm³/mol. The summed E-state index contributed by atoms with van der Waals surface area (Å²) in [6.45, 7) is 7.14. The quantitative estimate of drug-likeness (QED) is 0.939. The van der Waals surface area contributed by atoms with Crippen molar-refractivity contribution < 1.29 is 4.79 Å². The number of aryl methyl sites for hydroxylation is 2. The van der Waals surface area contributed by atoms with Gasteiger partial charge in [-0.05, 0) is 55.4 Å². The van der Waals surface area contributed by atoms with Crippen molar-refractivity contribution in [3.05, 3.63) is 47.5 Å². The standard InChI is InChI=1S/C18H25N5O/c1-3-23-13-17(12-21-23)15-5-8-22(9-6-15)18(24)20-11-16-4-7-19-10-14(16)2/h4,7,10,12-13,15H,3,5-6,8-9,11H2,1-2H3,(H,20,24). The van der Waals surface area contributed by atoms with Crippen molar-refractivity contribution in [3.8, 4) is 0 Å². The molecule has 1 saturated heterocycles. The summed E-state index contributed by atoms with van der Waals surface area (Å²) in [6.07, 6.45) is 9.68. The van der Waals surface area contributed by atoms with E-state index < -0.39 is 0 Å². The molecule has 0 atom stereocenters. The molecule has 2 aromatic rings. The second-order valence-corrected chi connectivity index (χ2v) is 6.35. The van der Waals surface area contributed by atoms with Crippen LogP contribution in [0.1, 0.15) is 42.4 Å². The van der Waals surface area contributed by atoms with Crippen LogP contribution in [0.15, 0.2) is 30.9 Å². The van der Waals surface area contributed by atoms with E-state index >= 15 is 0 Å². The van der Waals surface area contributed by atoms with Crippen LogP contribution >= 0.6 is 0 Å². The van der Waals surface area contributed by atoms with Crippen LogP contribution in [0.5, 0.6) is 0 Å². The summed E-state index contributed by atoms with van der Waals surface area (Å²) in [5, 5.41) is 7.37. The second-order valence-electron chi connectivity index (χ2n) is 6.35. The normalized spacial score (nSPS) is 15.5. The molecule has 2 amide bonds. The van der Waals surface area contributed by atoms with Gasteiger partial charge in [-0.2, -0.15) is 5.10 Å². The number of hydrogen-bond acceptors (Lipinski definition) is 3. The molecule has 3 rings (SSSR count). The van der Waals surface area contributed by atoms with Gasteiger partial charge >= 0.3 is 6.03 Å². The Kier molecular flexibility index (Phi) is 5.13. The van der Waals surface area contributed by atoms with Gasteiger partial charge in [0.1, 0.15) is 0 Å². The molecular formula is C18H25N5O. The lowest BCUT2D eigenvalue weighted by molar-refractivity contribution is 0.181. The Morgan fingerprint density at radius 1 is 1.33 bits per heavy atom. The van der Waals surface area contributed by atoms with E-state index in [0.29, 0.717) is 12.5 Å². The number of amides is 2. The highest BCUT2D eigenvalue weighted by Crippen LogP contribution is 2.27. The Balaban J connectivity index is 1.49. The lowest BCUT2D eigenvalue weighted by atomic mass is 9.92. The van der Waals surface area contributed by atoms with Crippen LogP contribution in [-0.4, -0.2) is 38.8 Å². The molecule has 1 aliphatic heterocycles. The van der Waals surface area contributed by atoms with Gasteiger partial charge in [0.25, 0.3) is 0 Å². The van der Waals surface area contributed by atoms with E-state index in [2.05, 4.69) is 28.5 Å². The summed E-state index contributed by atoms with van der Waals surface area (Å²) in [7, 11) is 0. The van der Waals surface area contributed by atoms with E-state index in [1.807, 2.05) is 35.0 Å². The molecule has 0 spiro atoms. The average Bonchev–Trinajstić information content (AvgIpc) is 3.10. The van der Waals surface area contributed by atoms with E-state index in [0.717, 1.165) is 43.6 Å². The fourth-order valence-corrected chi connectivity index (χ4v) is 3.16. The number of carbonyl (C=O) groups excluding carboxylic acids is 1. The smallest absolute Gasteiger partial charge is 0.317 e. The Bertz CT molecular complexity index is 688. The molecule has 0 saturated carbocycles. The zero-order valence-corrected chi connectivity index (χ0v) is 14.4. The van der Waals surface area contributed by atoms with Crippen LogP contribution < -0.4 is 5.32 Å². The number of nitrogens with zero attached hydrogens (tertiary/aromatic N) is 4. The van der Waals surface area contributed by atoms with Gasteiger partial charge < -0.3 is 10.2 Å². The van der Waals surface area contributed by atoms with Gasteiger partial charge in [-0.1, -0.05) is 0 Å². The van der Waals surface area contributed by atoms with Crippen LogP contribution in [0.3, 0.4) is 0 Å². The van der Waals surface area contributed by atoms with Gasteiger partial charge in [0.2, 0.25) is 0 Å². The van der Waals surface area contributed by atoms with Crippen molar-refractivity contribution in [2.75, 3.05) is 13.1 Å². The number of likely N-dealkylation sites (tertiary alicyclic amines) is 1. The number of hydrogen-bond donors (Lipinski definition) is 1. The third-order valence-corrected chi connectivity index (χ3v) is 4.80. The summed E-state index contributed by atoms with van der Waals surface area (Å²) in [5.41, 5.74) is 3.51. The third kappa shape index (κ3) is 3.75. The monoisotopic (exact) mass is 327 g/mol. The molecule has 6 nitrogen and oxygen atoms in total. The molecule has 6 heteroatoms. The number of piperidine rings is 1. The molecule has 0 aromatic carbocycles. The Hall–Kier alpha value is -2.37. The van der Waals surface area contributed by atoms with E-state index in [9.17, 15) is 4.79 Å². The van der Waals surface area contributed by atoms with Crippen LogP contribution in [0.2, 0.25) is 0 Å². The Labute approximate surface area is 142 Å². The Morgan fingerprint density at radius 3 is 2.79 bits per heavy atom. The first-order chi connectivity index (χ1) is 11.7. The number of urea groups is 1. The highest BCUT2D eigenvalue weighted by molar-refractivity contribution is 5.74. The van der Waals surface area contributed by atoms with E-state index in [1.165, 1.54) is 5.56 Å². The third-order valence-electron chi connectivity index (χ3n) is 4.80. The molecule has 24 heavy (non-hydrogen) atoms. The van der Waals surface area contributed by atoms with Crippen molar-refractivity contribution in [1.82, 2.24) is 25.0 Å². The van der Waals surface area contributed by atoms with Crippen molar-refractivity contribution in [1.29, 1.82) is 0 Å². The summed E-state index contributed by atoms with van der Waals surface area (Å²) in [5.74, 6) is 0.511. The van der Waals surface area contributed by atoms with Crippen LogP contribution in [0, 0.1) is 6.92 Å². The van der Waals surface area contributed by atoms with Crippen LogP contribution in [0.4, 0.5) is 4.79 Å². The molecule has 1 N–H and O–H groups in total. The van der Waals surface area contributed by atoms with Crippen molar-refractivity contribution in [2.24, 2.45) is 0 Å². The van der Waals surface area contributed by atoms with E-state index in [1.54, 1.807) is 6.20 Å². The molecule has 0 aliphatic carbocycles. The number of pyridine rings is 1. The molecule has 0 radical (unpaired) electrons. The minimum absolute atomic E-state index is 0.0221. The molecular weight excluding hydrogens is 302 g/mol. The summed E-state index contributed by atoms with van der Waals surface area (Å²) >= 11 is 0. The number of carbonyl (C=O) groups is 1. The first kappa shape index (κ1) is 16.5. The summed E-state index contributed by atoms with van der Waals surface area (Å²) in [4.78, 5) is 18.3. The maximum absolute atomic E-state index is 12.4. The lowest BCUT2D eigenvalue weighted by Gasteiger charge is -2.31. The predicted octanol–water partition coefficient (Wildman–Crippen LogP) is 2.70. The van der Waals surface area contributed by atoms with Gasteiger partial charge in [0.15, 0.2) is 0 Å². The fourth-order valence-electron chi connectivity index (χ4n) is 3.16. The van der Waals surface area contributed by atoms with Gasteiger partial charge in [-0.25, -0.2) is 4.79 Å². The highest BCUT2D eigenvalue weighted by atomic mass is 16.2. The molecule has 3 heterocycles. The molecule has 0 bridgehead atoms. The molecule has 2 aromatic heterocycles. The first-order valence-corrected chi connectivity index (χ1v) is 8.62. The summed E-state index contributed by atoms with van der Waals surface area (Å²) < 4.78 is 1.96. The molecule has 0 unspecified atom stereocenters. The SMILES string of the molecule is CCn1cc(C2CCN(C(=O)NCc3ccncc3C)CC2)cn1. The maximum atomic E-state index is 12.4. The largest absolute Gasteiger partial charge is 0.334 e. The maximum Gasteiger partial charge on any atom is 0.317 e. The van der Waals surface area contributed by atoms with Gasteiger partial charge in [0, 0.05) is 44.8 Å². The van der Waals surface area contributed by atoms with Gasteiger partial charge in [-0.3, -0.25) is 9.67 Å². The topological polar surface area (TPSA) is 63.1 Å². The number of nitrogens with one attached hydrogen (secondary N) is 1. The minimum atomic E-state index is 0.0221. The molecule has 1 aliphatic rings. The lowest BCUT2D eigenvalue weighted by Crippen LogP contribution is -2.43. The van der Waals surface area contributed by atoms with Gasteiger partial charge in [0.05, 0.1) is 6.20 Å². The average molecular weight is 327 g/mol. The zero-order valence-electron chi connectivity index (χ0n) is 14.4. The minimum Gasteiger partial charge on any atom is -0.334 e. The molecule has 1 fully saturated rings. The highest BCUT2D eigenvalue weighted by Gasteiger charge is 2.24. The first-order valence-electron chi connectivity index (χ1n) is 8.62. The Morgan fingerprint density at radius 2 is 2.12 bits per heavy atom. The van der Waals surface area contributed by atoms with Gasteiger partial charge in [-0.15, -0.1) is 0 Å². The van der Waals surface area contributed by atoms with Crippen molar-refractivity contribution in [2.45, 2.75) is 45.7 Å². The van der Waals surface area contributed by atoms with Crippen LogP contribution in [-0.2, 0) is 13.1 Å².